The molecule has 0 spiro atoms. The lowest BCUT2D eigenvalue weighted by atomic mass is 10.1. The third-order valence-electron chi connectivity index (χ3n) is 6.86. The van der Waals surface area contributed by atoms with Crippen LogP contribution in [0.2, 0.25) is 0 Å². The Balaban J connectivity index is 1.17. The molecule has 6 nitrogen and oxygen atoms in total. The molecule has 3 aliphatic rings. The third kappa shape index (κ3) is 3.50. The summed E-state index contributed by atoms with van der Waals surface area (Å²) >= 11 is 0. The molecule has 0 radical (unpaired) electrons. The zero-order valence-electron chi connectivity index (χ0n) is 18.7. The van der Waals surface area contributed by atoms with Crippen LogP contribution >= 0.6 is 0 Å². The van der Waals surface area contributed by atoms with Crippen LogP contribution < -0.4 is 26.2 Å². The van der Waals surface area contributed by atoms with Crippen LogP contribution in [-0.2, 0) is 0 Å². The van der Waals surface area contributed by atoms with Gasteiger partial charge in [0.25, 0.3) is 0 Å². The molecule has 3 aromatic rings. The van der Waals surface area contributed by atoms with Gasteiger partial charge in [0, 0.05) is 31.9 Å². The van der Waals surface area contributed by atoms with Crippen LogP contribution in [0.25, 0.3) is 0 Å². The summed E-state index contributed by atoms with van der Waals surface area (Å²) in [4.78, 5) is 4.87. The topological polar surface area (TPSA) is 54.6 Å². The van der Waals surface area contributed by atoms with Gasteiger partial charge >= 0.3 is 0 Å². The van der Waals surface area contributed by atoms with Crippen molar-refractivity contribution < 1.29 is 0 Å². The Hall–Kier alpha value is -3.38. The van der Waals surface area contributed by atoms with Crippen LogP contribution in [0, 0.1) is 6.92 Å². The van der Waals surface area contributed by atoms with Crippen molar-refractivity contribution in [1.29, 1.82) is 0 Å². The lowest BCUT2D eigenvalue weighted by molar-refractivity contribution is 0.313. The van der Waals surface area contributed by atoms with Gasteiger partial charge in [0.2, 0.25) is 0 Å². The molecule has 0 amide bonds. The predicted octanol–water partition coefficient (Wildman–Crippen LogP) is 4.82. The predicted molar refractivity (Wildman–Crippen MR) is 134 cm³/mol. The summed E-state index contributed by atoms with van der Waals surface area (Å²) in [5.74, 6) is 0. The highest BCUT2D eigenvalue weighted by atomic mass is 15.3. The number of rotatable bonds is 3. The Bertz CT molecular complexity index is 1130. The Morgan fingerprint density at radius 3 is 1.91 bits per heavy atom. The first-order chi connectivity index (χ1) is 15.6. The summed E-state index contributed by atoms with van der Waals surface area (Å²) < 4.78 is 0. The number of hydrogen-bond acceptors (Lipinski definition) is 6. The summed E-state index contributed by atoms with van der Waals surface area (Å²) in [5, 5.41) is 14.5. The maximum atomic E-state index is 3.68. The molecule has 2 atom stereocenters. The van der Waals surface area contributed by atoms with Crippen molar-refractivity contribution in [2.45, 2.75) is 19.3 Å². The van der Waals surface area contributed by atoms with Crippen molar-refractivity contribution in [2.24, 2.45) is 0 Å². The third-order valence-corrected chi connectivity index (χ3v) is 6.86. The highest BCUT2D eigenvalue weighted by molar-refractivity contribution is 5.81. The average molecular weight is 427 g/mol. The van der Waals surface area contributed by atoms with E-state index in [0.717, 1.165) is 43.2 Å². The van der Waals surface area contributed by atoms with Crippen LogP contribution in [-0.4, -0.2) is 38.1 Å². The zero-order valence-corrected chi connectivity index (χ0v) is 18.7. The zero-order chi connectivity index (χ0) is 21.7. The number of nitrogens with one attached hydrogen (secondary N) is 4. The van der Waals surface area contributed by atoms with Gasteiger partial charge in [-0.15, -0.1) is 0 Å². The second-order valence-corrected chi connectivity index (χ2v) is 9.18. The second kappa shape index (κ2) is 7.64. The normalized spacial score (nSPS) is 21.8. The van der Waals surface area contributed by atoms with Crippen molar-refractivity contribution in [1.82, 2.24) is 4.90 Å². The monoisotopic (exact) mass is 426 g/mol. The van der Waals surface area contributed by atoms with Gasteiger partial charge in [-0.05, 0) is 55.4 Å². The van der Waals surface area contributed by atoms with E-state index >= 15 is 0 Å². The molecule has 6 rings (SSSR count). The maximum absolute atomic E-state index is 3.68. The Morgan fingerprint density at radius 2 is 1.19 bits per heavy atom. The molecule has 32 heavy (non-hydrogen) atoms. The average Bonchev–Trinajstić information content (AvgIpc) is 3.43. The molecule has 0 aromatic heterocycles. The highest BCUT2D eigenvalue weighted by Crippen LogP contribution is 2.41. The smallest absolute Gasteiger partial charge is 0.123 e. The van der Waals surface area contributed by atoms with Crippen molar-refractivity contribution in [2.75, 3.05) is 59.4 Å². The summed E-state index contributed by atoms with van der Waals surface area (Å²) in [6.45, 7) is 6.51. The van der Waals surface area contributed by atoms with Gasteiger partial charge < -0.3 is 31.1 Å². The fourth-order valence-corrected chi connectivity index (χ4v) is 4.81. The molecule has 4 N–H and O–H groups in total. The van der Waals surface area contributed by atoms with Crippen molar-refractivity contribution in [3.05, 3.63) is 77.4 Å². The fourth-order valence-electron chi connectivity index (χ4n) is 4.81. The van der Waals surface area contributed by atoms with E-state index in [1.54, 1.807) is 0 Å². The maximum Gasteiger partial charge on any atom is 0.123 e. The molecule has 3 aliphatic heterocycles. The molecule has 0 saturated carbocycles. The van der Waals surface area contributed by atoms with Crippen molar-refractivity contribution in [3.8, 4) is 0 Å². The summed E-state index contributed by atoms with van der Waals surface area (Å²) in [6, 6.07) is 22.0. The number of anilines is 5. The van der Waals surface area contributed by atoms with Gasteiger partial charge in [0.1, 0.15) is 12.3 Å². The quantitative estimate of drug-likeness (QED) is 0.482. The van der Waals surface area contributed by atoms with E-state index in [-0.39, 0.29) is 12.3 Å². The van der Waals surface area contributed by atoms with E-state index in [9.17, 15) is 0 Å². The number of hydrogen-bond donors (Lipinski definition) is 4. The lowest BCUT2D eigenvalue weighted by Gasteiger charge is -2.34. The fraction of sp³-hybridized carbons (Fsp3) is 0.308. The van der Waals surface area contributed by atoms with Crippen LogP contribution in [0.4, 0.5) is 28.4 Å². The summed E-state index contributed by atoms with van der Waals surface area (Å²) in [5.41, 5.74) is 9.67. The highest BCUT2D eigenvalue weighted by Gasteiger charge is 2.26. The first-order valence-corrected chi connectivity index (χ1v) is 11.5. The molecule has 164 valence electrons. The second-order valence-electron chi connectivity index (χ2n) is 9.18. The van der Waals surface area contributed by atoms with E-state index in [2.05, 4.69) is 106 Å². The van der Waals surface area contributed by atoms with Crippen molar-refractivity contribution >= 4 is 28.4 Å². The van der Waals surface area contributed by atoms with E-state index < -0.39 is 0 Å². The first kappa shape index (κ1) is 19.3. The standard InChI is InChI=1S/C26H30N6/c1-17-3-5-18(6-4-17)25-27-21-9-7-19(15-23(21)29-25)26-28-22-10-8-20(16-24(22)30-26)32-13-11-31(2)12-14-32/h3-10,15-16,25-30H,11-14H2,1-2H3. The SMILES string of the molecule is Cc1ccc(C2Nc3ccc(C4Nc5ccc(N6CCN(C)CC6)cc5N4)cc3N2)cc1. The van der Waals surface area contributed by atoms with Gasteiger partial charge in [0.15, 0.2) is 0 Å². The Morgan fingerprint density at radius 1 is 0.625 bits per heavy atom. The minimum atomic E-state index is 0.0678. The molecule has 6 heteroatoms. The molecule has 3 aromatic carbocycles. The van der Waals surface area contributed by atoms with Gasteiger partial charge in [-0.2, -0.15) is 0 Å². The number of benzene rings is 3. The van der Waals surface area contributed by atoms with Crippen molar-refractivity contribution in [3.63, 3.8) is 0 Å². The molecule has 1 saturated heterocycles. The molecule has 2 unspecified atom stereocenters. The van der Waals surface area contributed by atoms with E-state index in [1.807, 2.05) is 0 Å². The number of fused-ring (bicyclic) bond motifs is 2. The van der Waals surface area contributed by atoms with Crippen LogP contribution in [0.15, 0.2) is 60.7 Å². The number of nitrogens with zero attached hydrogens (tertiary/aromatic N) is 2. The Kier molecular flexibility index (Phi) is 4.61. The molecule has 0 bridgehead atoms. The summed E-state index contributed by atoms with van der Waals surface area (Å²) in [6.07, 6.45) is 0.173. The van der Waals surface area contributed by atoms with E-state index in [4.69, 9.17) is 0 Å². The lowest BCUT2D eigenvalue weighted by Crippen LogP contribution is -2.44. The number of likely N-dealkylation sites (N-methyl/N-ethyl adjacent to an activating group) is 1. The van der Waals surface area contributed by atoms with E-state index in [1.165, 1.54) is 28.1 Å². The number of piperazine rings is 1. The molecule has 3 heterocycles. The van der Waals surface area contributed by atoms with Gasteiger partial charge in [-0.1, -0.05) is 35.9 Å². The molecular weight excluding hydrogens is 396 g/mol. The molecule has 0 aliphatic carbocycles. The number of aryl methyl sites for hydroxylation is 1. The summed E-state index contributed by atoms with van der Waals surface area (Å²) in [7, 11) is 2.19. The first-order valence-electron chi connectivity index (χ1n) is 11.5. The molecular formula is C26H30N6. The molecule has 1 fully saturated rings. The van der Waals surface area contributed by atoms with E-state index in [0.29, 0.717) is 0 Å². The minimum absolute atomic E-state index is 0.0678. The van der Waals surface area contributed by atoms with Gasteiger partial charge in [-0.3, -0.25) is 0 Å². The van der Waals surface area contributed by atoms with Crippen LogP contribution in [0.3, 0.4) is 0 Å². The largest absolute Gasteiger partial charge is 0.369 e. The van der Waals surface area contributed by atoms with Gasteiger partial charge in [0.05, 0.1) is 22.7 Å². The van der Waals surface area contributed by atoms with Gasteiger partial charge in [-0.25, -0.2) is 0 Å². The Labute approximate surface area is 189 Å². The minimum Gasteiger partial charge on any atom is -0.369 e. The van der Waals surface area contributed by atoms with Crippen LogP contribution in [0.1, 0.15) is 29.0 Å². The van der Waals surface area contributed by atoms with Crippen LogP contribution in [0.5, 0.6) is 0 Å².